The Hall–Kier alpha value is -0.517. The van der Waals surface area contributed by atoms with E-state index >= 15 is 0 Å². The largest absolute Gasteiger partial charge is 1.00 e. The van der Waals surface area contributed by atoms with Gasteiger partial charge in [0.1, 0.15) is 29.1 Å². The molecule has 54 heavy (non-hydrogen) atoms. The van der Waals surface area contributed by atoms with E-state index < -0.39 is 0 Å². The molecule has 0 saturated carbocycles. The second kappa shape index (κ2) is 38.0. The average Bonchev–Trinajstić information content (AvgIpc) is 3.15. The molecule has 14 nitrogen and oxygen atoms in total. The van der Waals surface area contributed by atoms with Crippen LogP contribution in [0.3, 0.4) is 0 Å². The van der Waals surface area contributed by atoms with Crippen molar-refractivity contribution in [2.75, 3.05) is 132 Å². The first-order chi connectivity index (χ1) is 25.3. The summed E-state index contributed by atoms with van der Waals surface area (Å²) >= 11 is 0. The third-order valence-corrected chi connectivity index (χ3v) is 7.50. The Morgan fingerprint density at radius 3 is 1.57 bits per heavy atom. The van der Waals surface area contributed by atoms with E-state index in [9.17, 15) is 0 Å². The summed E-state index contributed by atoms with van der Waals surface area (Å²) in [6.45, 7) is 31.1. The number of morpholine rings is 2. The van der Waals surface area contributed by atoms with Gasteiger partial charge in [-0.25, -0.2) is 15.0 Å². The molecule has 3 aromatic rings. The minimum absolute atomic E-state index is 0. The van der Waals surface area contributed by atoms with Gasteiger partial charge >= 0.3 is 103 Å². The van der Waals surface area contributed by atoms with Gasteiger partial charge in [-0.05, 0) is 75.8 Å². The predicted octanol–water partition coefficient (Wildman–Crippen LogP) is -3.17. The fraction of sp³-hybridized carbons (Fsp3) is 0.500. The zero-order valence-corrected chi connectivity index (χ0v) is 39.8. The number of rotatable bonds is 13. The SMILES string of the molecule is Cc1cccc(N)n1.NCCCN1CCOCC1.Nc1cccc(NCCCN2CCOCC2)n1.[CH2-]CN(C[CH2-])c1cccc(N)n1.[CH2-]CNC[CH2-].[K+].[K+]. The monoisotopic (exact) mass is 800 g/mol. The van der Waals surface area contributed by atoms with Gasteiger partial charge in [-0.1, -0.05) is 18.2 Å². The summed E-state index contributed by atoms with van der Waals surface area (Å²) in [7, 11) is 0. The summed E-state index contributed by atoms with van der Waals surface area (Å²) in [4.78, 5) is 19.0. The van der Waals surface area contributed by atoms with Crippen molar-refractivity contribution in [3.63, 3.8) is 0 Å². The summed E-state index contributed by atoms with van der Waals surface area (Å²) in [5, 5.41) is 6.16. The van der Waals surface area contributed by atoms with Crippen LogP contribution in [-0.4, -0.2) is 130 Å². The Balaban J connectivity index is 0. The van der Waals surface area contributed by atoms with Crippen molar-refractivity contribution in [2.24, 2.45) is 5.73 Å². The molecule has 0 aliphatic carbocycles. The van der Waals surface area contributed by atoms with Crippen molar-refractivity contribution in [1.29, 1.82) is 0 Å². The summed E-state index contributed by atoms with van der Waals surface area (Å²) < 4.78 is 10.5. The molecule has 10 N–H and O–H groups in total. The van der Waals surface area contributed by atoms with Crippen LogP contribution in [0.25, 0.3) is 0 Å². The second-order valence-corrected chi connectivity index (χ2v) is 11.6. The van der Waals surface area contributed by atoms with E-state index in [4.69, 9.17) is 32.4 Å². The third-order valence-electron chi connectivity index (χ3n) is 7.50. The molecule has 16 heteroatoms. The number of ether oxygens (including phenoxy) is 2. The number of aryl methyl sites for hydroxylation is 1. The maximum atomic E-state index is 5.61. The minimum Gasteiger partial charge on any atom is -0.417 e. The minimum atomic E-state index is 0. The van der Waals surface area contributed by atoms with Crippen LogP contribution < -0.4 is 141 Å². The summed E-state index contributed by atoms with van der Waals surface area (Å²) in [5.41, 5.74) is 22.8. The number of nitrogen functional groups attached to an aromatic ring is 3. The topological polar surface area (TPSA) is 195 Å². The molecule has 2 fully saturated rings. The van der Waals surface area contributed by atoms with Crippen molar-refractivity contribution >= 4 is 29.1 Å². The number of nitrogens with zero attached hydrogens (tertiary/aromatic N) is 6. The smallest absolute Gasteiger partial charge is 0.417 e. The van der Waals surface area contributed by atoms with Crippen molar-refractivity contribution in [3.8, 4) is 0 Å². The molecule has 0 spiro atoms. The van der Waals surface area contributed by atoms with Crippen LogP contribution in [0.5, 0.6) is 0 Å². The van der Waals surface area contributed by atoms with Gasteiger partial charge in [0.15, 0.2) is 0 Å². The number of nitrogens with two attached hydrogens (primary N) is 4. The van der Waals surface area contributed by atoms with Crippen molar-refractivity contribution in [3.05, 3.63) is 88.0 Å². The number of hydrogen-bond acceptors (Lipinski definition) is 14. The van der Waals surface area contributed by atoms with Crippen LogP contribution in [0.1, 0.15) is 18.5 Å². The number of hydrogen-bond donors (Lipinski definition) is 6. The zero-order chi connectivity index (χ0) is 38.2. The molecule has 0 unspecified atom stereocenters. The molecule has 5 heterocycles. The molecule has 5 rings (SSSR count). The van der Waals surface area contributed by atoms with Crippen LogP contribution in [0.4, 0.5) is 29.1 Å². The molecule has 0 bridgehead atoms. The van der Waals surface area contributed by atoms with Gasteiger partial charge in [-0.3, -0.25) is 9.80 Å². The van der Waals surface area contributed by atoms with Gasteiger partial charge in [-0.2, -0.15) is 0 Å². The quantitative estimate of drug-likeness (QED) is 0.0576. The van der Waals surface area contributed by atoms with Crippen molar-refractivity contribution in [1.82, 2.24) is 30.1 Å². The molecule has 0 amide bonds. The maximum absolute atomic E-state index is 5.61. The van der Waals surface area contributed by atoms with Crippen LogP contribution in [-0.2, 0) is 9.47 Å². The van der Waals surface area contributed by atoms with E-state index in [1.165, 1.54) is 0 Å². The van der Waals surface area contributed by atoms with Gasteiger partial charge in [0, 0.05) is 38.4 Å². The molecule has 2 aliphatic rings. The Labute approximate surface area is 411 Å². The first kappa shape index (κ1) is 55.6. The Bertz CT molecular complexity index is 1250. The van der Waals surface area contributed by atoms with Crippen molar-refractivity contribution < 1.29 is 112 Å². The zero-order valence-electron chi connectivity index (χ0n) is 33.6. The van der Waals surface area contributed by atoms with E-state index in [-0.39, 0.29) is 103 Å². The molecular weight excluding hydrogens is 735 g/mol. The number of nitrogens with one attached hydrogen (secondary N) is 2. The molecule has 2 saturated heterocycles. The van der Waals surface area contributed by atoms with E-state index in [0.29, 0.717) is 30.5 Å². The van der Waals surface area contributed by atoms with Crippen LogP contribution in [0, 0.1) is 34.6 Å². The molecule has 294 valence electrons. The van der Waals surface area contributed by atoms with Crippen molar-refractivity contribution in [2.45, 2.75) is 19.8 Å². The summed E-state index contributed by atoms with van der Waals surface area (Å²) in [6, 6.07) is 16.7. The first-order valence-electron chi connectivity index (χ1n) is 18.1. The van der Waals surface area contributed by atoms with E-state index in [1.807, 2.05) is 48.2 Å². The number of anilines is 5. The molecule has 2 aliphatic heterocycles. The van der Waals surface area contributed by atoms with Gasteiger partial charge in [0.25, 0.3) is 0 Å². The first-order valence-corrected chi connectivity index (χ1v) is 18.1. The van der Waals surface area contributed by atoms with E-state index in [2.05, 4.69) is 63.1 Å². The predicted molar refractivity (Wildman–Crippen MR) is 218 cm³/mol. The fourth-order valence-corrected chi connectivity index (χ4v) is 4.68. The second-order valence-electron chi connectivity index (χ2n) is 11.6. The normalized spacial score (nSPS) is 13.6. The van der Waals surface area contributed by atoms with Crippen LogP contribution in [0.2, 0.25) is 0 Å². The maximum Gasteiger partial charge on any atom is 1.00 e. The fourth-order valence-electron chi connectivity index (χ4n) is 4.68. The molecular formula is C38H66K2N12O2-2. The standard InChI is InChI=1S/C12H20N4O.C9H13N3.C7H16N2O.C6H8N2.C4H9N.2K/c13-11-3-1-4-12(15-11)14-5-2-6-16-7-9-17-10-8-16;1-3-12(4-2)9-7-5-6-8(10)11-9;8-2-1-3-9-4-6-10-7-5-9;1-5-3-2-4-6(7)8-5;1-3-5-4-2;;/h1,3-4H,2,5-10H2,(H3,13,14,15);5-7H,1-4H2,(H2,10,11);1-8H2;2-4H,1H3,(H2,7,8);5H,1-4H2;;/q;-2;;;-2;2*+1. The van der Waals surface area contributed by atoms with Gasteiger partial charge < -0.3 is 75.6 Å². The van der Waals surface area contributed by atoms with E-state index in [0.717, 1.165) is 122 Å². The Morgan fingerprint density at radius 2 is 1.17 bits per heavy atom. The number of pyridine rings is 3. The molecule has 0 radical (unpaired) electrons. The molecule has 0 atom stereocenters. The van der Waals surface area contributed by atoms with Crippen LogP contribution in [0.15, 0.2) is 54.6 Å². The van der Waals surface area contributed by atoms with Gasteiger partial charge in [0.05, 0.1) is 26.4 Å². The number of aromatic nitrogens is 3. The van der Waals surface area contributed by atoms with Gasteiger partial charge in [0.2, 0.25) is 0 Å². The van der Waals surface area contributed by atoms with Gasteiger partial charge in [-0.15, -0.1) is 26.2 Å². The third kappa shape index (κ3) is 29.7. The van der Waals surface area contributed by atoms with Crippen LogP contribution >= 0.6 is 0 Å². The van der Waals surface area contributed by atoms with E-state index in [1.54, 1.807) is 18.2 Å². The Morgan fingerprint density at radius 1 is 0.685 bits per heavy atom. The Kier molecular flexibility index (Phi) is 39.1. The summed E-state index contributed by atoms with van der Waals surface area (Å²) in [6.07, 6.45) is 2.22. The summed E-state index contributed by atoms with van der Waals surface area (Å²) in [5.74, 6) is 3.36. The average molecular weight is 801 g/mol. The molecule has 3 aromatic heterocycles. The molecule has 0 aromatic carbocycles.